The second-order valence-electron chi connectivity index (χ2n) is 7.30. The van der Waals surface area contributed by atoms with Gasteiger partial charge < -0.3 is 19.1 Å². The van der Waals surface area contributed by atoms with Gasteiger partial charge in [0, 0.05) is 12.1 Å². The number of methoxy groups -OCH3 is 2. The molecule has 1 aliphatic heterocycles. The summed E-state index contributed by atoms with van der Waals surface area (Å²) < 4.78 is 30.2. The Hall–Kier alpha value is -3.54. The van der Waals surface area contributed by atoms with E-state index in [1.165, 1.54) is 12.1 Å². The zero-order chi connectivity index (χ0) is 21.8. The van der Waals surface area contributed by atoms with Crippen LogP contribution in [0, 0.1) is 5.82 Å². The molecule has 0 radical (unpaired) electrons. The van der Waals surface area contributed by atoms with Gasteiger partial charge in [-0.15, -0.1) is 0 Å². The number of rotatable bonds is 6. The Morgan fingerprint density at radius 2 is 1.68 bits per heavy atom. The van der Waals surface area contributed by atoms with Crippen LogP contribution in [0.3, 0.4) is 0 Å². The van der Waals surface area contributed by atoms with Crippen molar-refractivity contribution < 1.29 is 23.4 Å². The highest BCUT2D eigenvalue weighted by atomic mass is 19.1. The van der Waals surface area contributed by atoms with E-state index >= 15 is 0 Å². The highest BCUT2D eigenvalue weighted by Crippen LogP contribution is 2.39. The van der Waals surface area contributed by atoms with Crippen molar-refractivity contribution in [3.8, 4) is 17.2 Å². The second-order valence-corrected chi connectivity index (χ2v) is 7.30. The summed E-state index contributed by atoms with van der Waals surface area (Å²) in [7, 11) is 3.19. The van der Waals surface area contributed by atoms with Crippen LogP contribution in [0.15, 0.2) is 66.7 Å². The molecule has 1 aliphatic rings. The van der Waals surface area contributed by atoms with Gasteiger partial charge in [-0.3, -0.25) is 4.79 Å². The van der Waals surface area contributed by atoms with Gasteiger partial charge in [-0.05, 0) is 66.1 Å². The largest absolute Gasteiger partial charge is 0.493 e. The lowest BCUT2D eigenvalue weighted by Crippen LogP contribution is -2.42. The molecule has 0 N–H and O–H groups in total. The van der Waals surface area contributed by atoms with Gasteiger partial charge in [-0.1, -0.05) is 18.2 Å². The Labute approximate surface area is 181 Å². The molecule has 3 aromatic carbocycles. The van der Waals surface area contributed by atoms with Crippen molar-refractivity contribution in [1.82, 2.24) is 4.90 Å². The first-order chi connectivity index (χ1) is 15.1. The third-order valence-corrected chi connectivity index (χ3v) is 5.51. The van der Waals surface area contributed by atoms with E-state index in [0.29, 0.717) is 35.8 Å². The van der Waals surface area contributed by atoms with E-state index < -0.39 is 0 Å². The standard InChI is InChI=1S/C25H24FNO4/c1-29-23-14-18-12-13-27(25(28)17-6-4-3-5-7-17)22(21(18)15-24(23)30-2)16-31-20-10-8-19(26)9-11-20/h3-11,14-15,22H,12-13,16H2,1-2H3. The van der Waals surface area contributed by atoms with Crippen LogP contribution in [0.5, 0.6) is 17.2 Å². The van der Waals surface area contributed by atoms with Gasteiger partial charge in [-0.25, -0.2) is 4.39 Å². The smallest absolute Gasteiger partial charge is 0.254 e. The minimum atomic E-state index is -0.332. The molecule has 1 amide bonds. The van der Waals surface area contributed by atoms with E-state index in [1.807, 2.05) is 47.4 Å². The van der Waals surface area contributed by atoms with Crippen LogP contribution in [0.1, 0.15) is 27.5 Å². The number of hydrogen-bond acceptors (Lipinski definition) is 4. The molecule has 4 rings (SSSR count). The molecule has 3 aromatic rings. The van der Waals surface area contributed by atoms with Crippen LogP contribution in [0.4, 0.5) is 4.39 Å². The first-order valence-electron chi connectivity index (χ1n) is 10.1. The van der Waals surface area contributed by atoms with Gasteiger partial charge in [0.15, 0.2) is 11.5 Å². The predicted molar refractivity (Wildman–Crippen MR) is 115 cm³/mol. The highest BCUT2D eigenvalue weighted by molar-refractivity contribution is 5.94. The Balaban J connectivity index is 1.69. The molecule has 31 heavy (non-hydrogen) atoms. The number of carbonyl (C=O) groups excluding carboxylic acids is 1. The number of halogens is 1. The quantitative estimate of drug-likeness (QED) is 0.581. The van der Waals surface area contributed by atoms with E-state index in [4.69, 9.17) is 14.2 Å². The number of nitrogens with zero attached hydrogens (tertiary/aromatic N) is 1. The monoisotopic (exact) mass is 421 g/mol. The zero-order valence-electron chi connectivity index (χ0n) is 17.5. The van der Waals surface area contributed by atoms with Gasteiger partial charge in [0.2, 0.25) is 0 Å². The molecule has 0 fully saturated rings. The Bertz CT molecular complexity index is 1050. The fourth-order valence-corrected chi connectivity index (χ4v) is 3.90. The van der Waals surface area contributed by atoms with Gasteiger partial charge in [0.05, 0.1) is 20.3 Å². The molecule has 0 bridgehead atoms. The van der Waals surface area contributed by atoms with Crippen LogP contribution >= 0.6 is 0 Å². The van der Waals surface area contributed by atoms with E-state index in [1.54, 1.807) is 26.4 Å². The topological polar surface area (TPSA) is 48.0 Å². The molecule has 0 saturated carbocycles. The lowest BCUT2D eigenvalue weighted by molar-refractivity contribution is 0.0589. The summed E-state index contributed by atoms with van der Waals surface area (Å²) in [6.07, 6.45) is 0.696. The van der Waals surface area contributed by atoms with Crippen LogP contribution in [0.2, 0.25) is 0 Å². The molecule has 6 heteroatoms. The SMILES string of the molecule is COc1cc2c(cc1OC)C(COc1ccc(F)cc1)N(C(=O)c1ccccc1)CC2. The number of carbonyl (C=O) groups is 1. The number of ether oxygens (including phenoxy) is 3. The molecule has 1 unspecified atom stereocenters. The van der Waals surface area contributed by atoms with Crippen LogP contribution in [-0.2, 0) is 6.42 Å². The molecule has 0 spiro atoms. The van der Waals surface area contributed by atoms with Crippen molar-refractivity contribution in [2.75, 3.05) is 27.4 Å². The Kier molecular flexibility index (Phi) is 6.07. The molecular formula is C25H24FNO4. The highest BCUT2D eigenvalue weighted by Gasteiger charge is 2.33. The van der Waals surface area contributed by atoms with Crippen molar-refractivity contribution >= 4 is 5.91 Å². The molecule has 1 atom stereocenters. The zero-order valence-corrected chi connectivity index (χ0v) is 17.5. The van der Waals surface area contributed by atoms with Crippen LogP contribution < -0.4 is 14.2 Å². The van der Waals surface area contributed by atoms with Crippen LogP contribution in [0.25, 0.3) is 0 Å². The summed E-state index contributed by atoms with van der Waals surface area (Å²) in [5, 5.41) is 0. The summed E-state index contributed by atoms with van der Waals surface area (Å²) >= 11 is 0. The summed E-state index contributed by atoms with van der Waals surface area (Å²) in [6, 6.07) is 18.6. The van der Waals surface area contributed by atoms with Crippen molar-refractivity contribution in [2.45, 2.75) is 12.5 Å². The maximum absolute atomic E-state index is 13.3. The fourth-order valence-electron chi connectivity index (χ4n) is 3.90. The second kappa shape index (κ2) is 9.08. The number of fused-ring (bicyclic) bond motifs is 1. The predicted octanol–water partition coefficient (Wildman–Crippen LogP) is 4.66. The Morgan fingerprint density at radius 3 is 2.35 bits per heavy atom. The maximum Gasteiger partial charge on any atom is 0.254 e. The molecule has 0 aliphatic carbocycles. The number of benzene rings is 3. The van der Waals surface area contributed by atoms with Gasteiger partial charge in [0.1, 0.15) is 18.2 Å². The molecule has 5 nitrogen and oxygen atoms in total. The summed E-state index contributed by atoms with van der Waals surface area (Å²) in [4.78, 5) is 15.1. The van der Waals surface area contributed by atoms with Gasteiger partial charge in [-0.2, -0.15) is 0 Å². The van der Waals surface area contributed by atoms with Gasteiger partial charge in [0.25, 0.3) is 5.91 Å². The average Bonchev–Trinajstić information content (AvgIpc) is 2.82. The van der Waals surface area contributed by atoms with E-state index in [0.717, 1.165) is 11.1 Å². The van der Waals surface area contributed by atoms with Crippen molar-refractivity contribution in [3.63, 3.8) is 0 Å². The van der Waals surface area contributed by atoms with Crippen molar-refractivity contribution in [1.29, 1.82) is 0 Å². The van der Waals surface area contributed by atoms with E-state index in [-0.39, 0.29) is 24.4 Å². The summed E-state index contributed by atoms with van der Waals surface area (Å²) in [6.45, 7) is 0.778. The number of hydrogen-bond donors (Lipinski definition) is 0. The third-order valence-electron chi connectivity index (χ3n) is 5.51. The van der Waals surface area contributed by atoms with Crippen molar-refractivity contribution in [2.24, 2.45) is 0 Å². The normalized spacial score (nSPS) is 15.2. The lowest BCUT2D eigenvalue weighted by atomic mass is 9.91. The average molecular weight is 421 g/mol. The minimum Gasteiger partial charge on any atom is -0.493 e. The van der Waals surface area contributed by atoms with Crippen molar-refractivity contribution in [3.05, 3.63) is 89.2 Å². The molecule has 160 valence electrons. The maximum atomic E-state index is 13.3. The summed E-state index contributed by atoms with van der Waals surface area (Å²) in [5.41, 5.74) is 2.66. The first-order valence-corrected chi connectivity index (χ1v) is 10.1. The van der Waals surface area contributed by atoms with Crippen LogP contribution in [-0.4, -0.2) is 38.2 Å². The van der Waals surface area contributed by atoms with Gasteiger partial charge >= 0.3 is 0 Å². The third kappa shape index (κ3) is 4.33. The first kappa shape index (κ1) is 20.7. The van der Waals surface area contributed by atoms with E-state index in [9.17, 15) is 9.18 Å². The molecule has 0 aromatic heterocycles. The molecule has 0 saturated heterocycles. The number of amides is 1. The fraction of sp³-hybridized carbons (Fsp3) is 0.240. The molecule has 1 heterocycles. The lowest BCUT2D eigenvalue weighted by Gasteiger charge is -2.37. The minimum absolute atomic E-state index is 0.0614. The molecular weight excluding hydrogens is 397 g/mol. The Morgan fingerprint density at radius 1 is 1.00 bits per heavy atom. The summed E-state index contributed by atoms with van der Waals surface area (Å²) in [5.74, 6) is 1.41. The van der Waals surface area contributed by atoms with E-state index in [2.05, 4.69) is 0 Å².